The first kappa shape index (κ1) is 14.1. The SMILES string of the molecule is CC1=C(C#N)c2nc(N)c(C#N)c(C)c2/C1=C\c1ccsc1. The zero-order valence-corrected chi connectivity index (χ0v) is 13.0. The molecular formula is C17H12N4S. The van der Waals surface area contributed by atoms with Gasteiger partial charge in [0.15, 0.2) is 0 Å². The Morgan fingerprint density at radius 3 is 2.64 bits per heavy atom. The van der Waals surface area contributed by atoms with Gasteiger partial charge < -0.3 is 5.73 Å². The molecule has 0 amide bonds. The third-order valence-corrected chi connectivity index (χ3v) is 4.54. The molecule has 0 saturated carbocycles. The summed E-state index contributed by atoms with van der Waals surface area (Å²) in [5, 5.41) is 22.8. The van der Waals surface area contributed by atoms with Gasteiger partial charge in [-0.3, -0.25) is 0 Å². The highest BCUT2D eigenvalue weighted by molar-refractivity contribution is 7.08. The average molecular weight is 304 g/mol. The lowest BCUT2D eigenvalue weighted by Crippen LogP contribution is -2.03. The van der Waals surface area contributed by atoms with E-state index in [1.165, 1.54) is 0 Å². The Bertz CT molecular complexity index is 919. The Morgan fingerprint density at radius 1 is 1.27 bits per heavy atom. The lowest BCUT2D eigenvalue weighted by molar-refractivity contribution is 1.22. The van der Waals surface area contributed by atoms with Crippen LogP contribution in [0.1, 0.15) is 34.9 Å². The van der Waals surface area contributed by atoms with Crippen LogP contribution in [0.25, 0.3) is 17.2 Å². The number of aromatic nitrogens is 1. The molecule has 3 rings (SSSR count). The molecule has 0 unspecified atom stereocenters. The molecule has 1 aliphatic rings. The van der Waals surface area contributed by atoms with E-state index in [1.54, 1.807) is 11.3 Å². The normalized spacial score (nSPS) is 14.8. The molecule has 2 N–H and O–H groups in total. The van der Waals surface area contributed by atoms with Crippen LogP contribution in [0.15, 0.2) is 22.4 Å². The van der Waals surface area contributed by atoms with E-state index in [0.29, 0.717) is 16.8 Å². The lowest BCUT2D eigenvalue weighted by atomic mass is 9.96. The van der Waals surface area contributed by atoms with Crippen LogP contribution in [0, 0.1) is 29.6 Å². The summed E-state index contributed by atoms with van der Waals surface area (Å²) in [6.07, 6.45) is 2.03. The van der Waals surface area contributed by atoms with Gasteiger partial charge in [-0.1, -0.05) is 0 Å². The maximum atomic E-state index is 9.46. The van der Waals surface area contributed by atoms with Crippen molar-refractivity contribution in [1.29, 1.82) is 10.5 Å². The molecule has 2 heterocycles. The number of anilines is 1. The Labute approximate surface area is 132 Å². The monoisotopic (exact) mass is 304 g/mol. The summed E-state index contributed by atoms with van der Waals surface area (Å²) < 4.78 is 0. The van der Waals surface area contributed by atoms with Gasteiger partial charge in [0.25, 0.3) is 0 Å². The van der Waals surface area contributed by atoms with Crippen molar-refractivity contribution in [2.75, 3.05) is 5.73 Å². The number of nitrogens with zero attached hydrogens (tertiary/aromatic N) is 3. The van der Waals surface area contributed by atoms with Crippen molar-refractivity contribution in [3.63, 3.8) is 0 Å². The van der Waals surface area contributed by atoms with Crippen LogP contribution in [-0.4, -0.2) is 4.98 Å². The predicted octanol–water partition coefficient (Wildman–Crippen LogP) is 3.76. The Balaban J connectivity index is 2.36. The maximum absolute atomic E-state index is 9.46. The number of thiophene rings is 1. The van der Waals surface area contributed by atoms with Crippen LogP contribution < -0.4 is 5.73 Å². The van der Waals surface area contributed by atoms with Crippen LogP contribution in [0.3, 0.4) is 0 Å². The standard InChI is InChI=1S/C17H12N4S/c1-9-12(5-11-3-4-22-8-11)15-10(2)14(7-19)17(20)21-16(15)13(9)6-18/h3-5,8H,1-2H3,(H2,20,21)/b12-5-. The van der Waals surface area contributed by atoms with Gasteiger partial charge in [-0.2, -0.15) is 21.9 Å². The minimum absolute atomic E-state index is 0.177. The Kier molecular flexibility index (Phi) is 3.29. The summed E-state index contributed by atoms with van der Waals surface area (Å²) in [5.74, 6) is 0.177. The quantitative estimate of drug-likeness (QED) is 0.869. The van der Waals surface area contributed by atoms with E-state index in [1.807, 2.05) is 36.7 Å². The van der Waals surface area contributed by atoms with Crippen molar-refractivity contribution >= 4 is 34.4 Å². The lowest BCUT2D eigenvalue weighted by Gasteiger charge is -2.10. The number of nitrogen functional groups attached to an aromatic ring is 1. The van der Waals surface area contributed by atoms with Gasteiger partial charge in [-0.25, -0.2) is 4.98 Å². The van der Waals surface area contributed by atoms with Gasteiger partial charge in [-0.15, -0.1) is 0 Å². The zero-order valence-electron chi connectivity index (χ0n) is 12.1. The predicted molar refractivity (Wildman–Crippen MR) is 88.5 cm³/mol. The molecule has 1 aliphatic carbocycles. The van der Waals surface area contributed by atoms with Crippen LogP contribution in [0.4, 0.5) is 5.82 Å². The highest BCUT2D eigenvalue weighted by atomic mass is 32.1. The Morgan fingerprint density at radius 2 is 2.05 bits per heavy atom. The fourth-order valence-electron chi connectivity index (χ4n) is 2.72. The van der Waals surface area contributed by atoms with Crippen molar-refractivity contribution < 1.29 is 0 Å². The smallest absolute Gasteiger partial charge is 0.142 e. The number of allylic oxidation sites excluding steroid dienone is 3. The Hall–Kier alpha value is -2.89. The summed E-state index contributed by atoms with van der Waals surface area (Å²) in [7, 11) is 0. The number of pyridine rings is 1. The largest absolute Gasteiger partial charge is 0.383 e. The van der Waals surface area contributed by atoms with E-state index >= 15 is 0 Å². The van der Waals surface area contributed by atoms with E-state index in [9.17, 15) is 10.5 Å². The van der Waals surface area contributed by atoms with E-state index in [0.717, 1.165) is 27.8 Å². The molecule has 2 aromatic rings. The second-order valence-electron chi connectivity index (χ2n) is 5.06. The van der Waals surface area contributed by atoms with Gasteiger partial charge in [-0.05, 0) is 59.0 Å². The molecule has 0 radical (unpaired) electrons. The first-order chi connectivity index (χ1) is 10.6. The van der Waals surface area contributed by atoms with Crippen molar-refractivity contribution in [3.8, 4) is 12.1 Å². The highest BCUT2D eigenvalue weighted by Crippen LogP contribution is 2.44. The number of rotatable bonds is 1. The number of hydrogen-bond acceptors (Lipinski definition) is 5. The fraction of sp³-hybridized carbons (Fsp3) is 0.118. The second-order valence-corrected chi connectivity index (χ2v) is 5.84. The zero-order chi connectivity index (χ0) is 15.9. The molecule has 0 spiro atoms. The van der Waals surface area contributed by atoms with Crippen LogP contribution in [-0.2, 0) is 0 Å². The van der Waals surface area contributed by atoms with Crippen molar-refractivity contribution in [2.24, 2.45) is 0 Å². The molecule has 2 aromatic heterocycles. The van der Waals surface area contributed by atoms with Crippen molar-refractivity contribution in [1.82, 2.24) is 4.98 Å². The number of hydrogen-bond donors (Lipinski definition) is 1. The molecule has 0 bridgehead atoms. The molecule has 0 aromatic carbocycles. The van der Waals surface area contributed by atoms with Crippen LogP contribution in [0.5, 0.6) is 0 Å². The third-order valence-electron chi connectivity index (χ3n) is 3.84. The minimum Gasteiger partial charge on any atom is -0.383 e. The molecule has 0 saturated heterocycles. The van der Waals surface area contributed by atoms with Gasteiger partial charge in [0.05, 0.1) is 16.8 Å². The first-order valence-corrected chi connectivity index (χ1v) is 7.59. The van der Waals surface area contributed by atoms with Gasteiger partial charge in [0.2, 0.25) is 0 Å². The van der Waals surface area contributed by atoms with E-state index in [4.69, 9.17) is 5.73 Å². The van der Waals surface area contributed by atoms with Gasteiger partial charge in [0, 0.05) is 5.56 Å². The van der Waals surface area contributed by atoms with Crippen molar-refractivity contribution in [2.45, 2.75) is 13.8 Å². The maximum Gasteiger partial charge on any atom is 0.142 e. The molecule has 0 aliphatic heterocycles. The van der Waals surface area contributed by atoms with E-state index in [2.05, 4.69) is 17.1 Å². The summed E-state index contributed by atoms with van der Waals surface area (Å²) in [6, 6.07) is 6.33. The molecule has 106 valence electrons. The summed E-state index contributed by atoms with van der Waals surface area (Å²) >= 11 is 1.61. The van der Waals surface area contributed by atoms with Crippen molar-refractivity contribution in [3.05, 3.63) is 50.3 Å². The second kappa shape index (κ2) is 5.14. The highest BCUT2D eigenvalue weighted by Gasteiger charge is 2.29. The number of nitrogens with two attached hydrogens (primary N) is 1. The summed E-state index contributed by atoms with van der Waals surface area (Å²) in [5.41, 5.74) is 11.8. The average Bonchev–Trinajstić information content (AvgIpc) is 3.07. The molecule has 5 heteroatoms. The molecule has 0 fully saturated rings. The van der Waals surface area contributed by atoms with Gasteiger partial charge >= 0.3 is 0 Å². The third kappa shape index (κ3) is 1.92. The minimum atomic E-state index is 0.177. The first-order valence-electron chi connectivity index (χ1n) is 6.64. The van der Waals surface area contributed by atoms with E-state index < -0.39 is 0 Å². The fourth-order valence-corrected chi connectivity index (χ4v) is 3.34. The van der Waals surface area contributed by atoms with Crippen LogP contribution in [0.2, 0.25) is 0 Å². The molecular weight excluding hydrogens is 292 g/mol. The summed E-state index contributed by atoms with van der Waals surface area (Å²) in [4.78, 5) is 4.30. The molecule has 0 atom stereocenters. The molecule has 22 heavy (non-hydrogen) atoms. The number of fused-ring (bicyclic) bond motifs is 1. The van der Waals surface area contributed by atoms with Gasteiger partial charge in [0.1, 0.15) is 18.0 Å². The summed E-state index contributed by atoms with van der Waals surface area (Å²) in [6.45, 7) is 3.75. The van der Waals surface area contributed by atoms with E-state index in [-0.39, 0.29) is 5.82 Å². The van der Waals surface area contributed by atoms with Crippen LogP contribution >= 0.6 is 11.3 Å². The molecule has 4 nitrogen and oxygen atoms in total. The number of nitriles is 2. The topological polar surface area (TPSA) is 86.5 Å².